The second-order valence-corrected chi connectivity index (χ2v) is 5.57. The molecule has 1 aliphatic rings. The lowest BCUT2D eigenvalue weighted by Gasteiger charge is -2.12. The molecule has 1 fully saturated rings. The molecule has 1 aromatic rings. The molecule has 3 nitrogen and oxygen atoms in total. The van der Waals surface area contributed by atoms with Crippen LogP contribution in [0.4, 0.5) is 18.9 Å². The number of halogens is 3. The Morgan fingerprint density at radius 3 is 2.71 bits per heavy atom. The molecule has 21 heavy (non-hydrogen) atoms. The van der Waals surface area contributed by atoms with E-state index in [1.165, 1.54) is 0 Å². The van der Waals surface area contributed by atoms with Crippen molar-refractivity contribution in [1.29, 1.82) is 0 Å². The van der Waals surface area contributed by atoms with Crippen molar-refractivity contribution in [2.75, 3.05) is 5.32 Å². The molecule has 2 unspecified atom stereocenters. The number of nitrogens with two attached hydrogens (primary N) is 1. The number of hydrogen-bond acceptors (Lipinski definition) is 2. The summed E-state index contributed by atoms with van der Waals surface area (Å²) in [5.74, 6) is -0.199. The number of carbonyl (C=O) groups is 1. The molecule has 3 N–H and O–H groups in total. The Kier molecular flexibility index (Phi) is 4.88. The predicted octanol–water partition coefficient (Wildman–Crippen LogP) is 3.25. The van der Waals surface area contributed by atoms with E-state index < -0.39 is 12.6 Å². The van der Waals surface area contributed by atoms with Crippen LogP contribution in [0.25, 0.3) is 0 Å². The van der Waals surface area contributed by atoms with Gasteiger partial charge in [-0.1, -0.05) is 12.1 Å². The van der Waals surface area contributed by atoms with Gasteiger partial charge in [0, 0.05) is 24.1 Å². The second kappa shape index (κ2) is 6.47. The topological polar surface area (TPSA) is 55.1 Å². The Morgan fingerprint density at radius 1 is 1.33 bits per heavy atom. The summed E-state index contributed by atoms with van der Waals surface area (Å²) < 4.78 is 36.6. The average molecular weight is 300 g/mol. The highest BCUT2D eigenvalue weighted by Gasteiger charge is 2.28. The summed E-state index contributed by atoms with van der Waals surface area (Å²) in [5, 5.41) is 2.77. The maximum atomic E-state index is 12.2. The van der Waals surface area contributed by atoms with Crippen LogP contribution in [0.1, 0.15) is 31.2 Å². The summed E-state index contributed by atoms with van der Waals surface area (Å²) in [4.78, 5) is 12.0. The van der Waals surface area contributed by atoms with Crippen LogP contribution in [-0.4, -0.2) is 18.1 Å². The van der Waals surface area contributed by atoms with E-state index in [2.05, 4.69) is 5.32 Å². The highest BCUT2D eigenvalue weighted by molar-refractivity contribution is 5.92. The maximum Gasteiger partial charge on any atom is 0.389 e. The minimum atomic E-state index is -4.17. The molecule has 0 aromatic heterocycles. The molecule has 1 aromatic carbocycles. The number of nitrogens with one attached hydrogen (secondary N) is 1. The fourth-order valence-corrected chi connectivity index (χ4v) is 2.59. The molecule has 6 heteroatoms. The molecule has 0 aliphatic heterocycles. The first kappa shape index (κ1) is 15.8. The first-order chi connectivity index (χ1) is 9.83. The van der Waals surface area contributed by atoms with Crippen molar-refractivity contribution in [3.63, 3.8) is 0 Å². The standard InChI is InChI=1S/C15H19F3N2O/c16-15(17,18)7-6-10-2-1-3-13(8-10)20-14(21)11-4-5-12(19)9-11/h1-3,8,11-12H,4-7,9,19H2,(H,20,21). The van der Waals surface area contributed by atoms with E-state index in [1.54, 1.807) is 24.3 Å². The van der Waals surface area contributed by atoms with Crippen molar-refractivity contribution in [2.45, 2.75) is 44.3 Å². The van der Waals surface area contributed by atoms with Crippen LogP contribution in [0.2, 0.25) is 0 Å². The van der Waals surface area contributed by atoms with Crippen molar-refractivity contribution >= 4 is 11.6 Å². The molecular weight excluding hydrogens is 281 g/mol. The van der Waals surface area contributed by atoms with E-state index in [-0.39, 0.29) is 24.3 Å². The van der Waals surface area contributed by atoms with Crippen LogP contribution < -0.4 is 11.1 Å². The van der Waals surface area contributed by atoms with Crippen LogP contribution in [0.5, 0.6) is 0 Å². The van der Waals surface area contributed by atoms with Crippen LogP contribution >= 0.6 is 0 Å². The fraction of sp³-hybridized carbons (Fsp3) is 0.533. The van der Waals surface area contributed by atoms with Crippen molar-refractivity contribution < 1.29 is 18.0 Å². The van der Waals surface area contributed by atoms with Gasteiger partial charge in [-0.2, -0.15) is 13.2 Å². The number of anilines is 1. The van der Waals surface area contributed by atoms with Gasteiger partial charge < -0.3 is 11.1 Å². The lowest BCUT2D eigenvalue weighted by molar-refractivity contribution is -0.134. The third-order valence-electron chi connectivity index (χ3n) is 3.74. The quantitative estimate of drug-likeness (QED) is 0.897. The van der Waals surface area contributed by atoms with Crippen LogP contribution in [0.15, 0.2) is 24.3 Å². The van der Waals surface area contributed by atoms with Gasteiger partial charge in [0.15, 0.2) is 0 Å². The van der Waals surface area contributed by atoms with Gasteiger partial charge in [0.2, 0.25) is 5.91 Å². The monoisotopic (exact) mass is 300 g/mol. The van der Waals surface area contributed by atoms with E-state index in [9.17, 15) is 18.0 Å². The number of hydrogen-bond donors (Lipinski definition) is 2. The molecule has 0 spiro atoms. The largest absolute Gasteiger partial charge is 0.389 e. The zero-order chi connectivity index (χ0) is 15.5. The third kappa shape index (κ3) is 5.04. The van der Waals surface area contributed by atoms with Crippen molar-refractivity contribution in [3.8, 4) is 0 Å². The average Bonchev–Trinajstić information content (AvgIpc) is 2.83. The first-order valence-electron chi connectivity index (χ1n) is 7.05. The Balaban J connectivity index is 1.93. The van der Waals surface area contributed by atoms with E-state index in [4.69, 9.17) is 5.73 Å². The molecule has 1 saturated carbocycles. The highest BCUT2D eigenvalue weighted by atomic mass is 19.4. The van der Waals surface area contributed by atoms with Gasteiger partial charge in [0.1, 0.15) is 0 Å². The highest BCUT2D eigenvalue weighted by Crippen LogP contribution is 2.26. The summed E-state index contributed by atoms with van der Waals surface area (Å²) in [6, 6.07) is 6.63. The van der Waals surface area contributed by atoms with Gasteiger partial charge in [0.05, 0.1) is 0 Å². The second-order valence-electron chi connectivity index (χ2n) is 5.57. The van der Waals surface area contributed by atoms with E-state index in [0.717, 1.165) is 12.8 Å². The number of rotatable bonds is 4. The van der Waals surface area contributed by atoms with Crippen LogP contribution in [0.3, 0.4) is 0 Å². The molecule has 0 heterocycles. The van der Waals surface area contributed by atoms with Crippen molar-refractivity contribution in [1.82, 2.24) is 0 Å². The Labute approximate surface area is 121 Å². The number of aryl methyl sites for hydroxylation is 1. The molecular formula is C15H19F3N2O. The molecule has 1 aliphatic carbocycles. The minimum absolute atomic E-state index is 0.0684. The maximum absolute atomic E-state index is 12.2. The first-order valence-corrected chi connectivity index (χ1v) is 7.05. The molecule has 116 valence electrons. The van der Waals surface area contributed by atoms with Gasteiger partial charge in [-0.25, -0.2) is 0 Å². The van der Waals surface area contributed by atoms with Crippen molar-refractivity contribution in [3.05, 3.63) is 29.8 Å². The molecule has 2 atom stereocenters. The van der Waals surface area contributed by atoms with E-state index >= 15 is 0 Å². The molecule has 2 rings (SSSR count). The lowest BCUT2D eigenvalue weighted by atomic mass is 10.1. The van der Waals surface area contributed by atoms with Crippen LogP contribution in [-0.2, 0) is 11.2 Å². The third-order valence-corrected chi connectivity index (χ3v) is 3.74. The van der Waals surface area contributed by atoms with Gasteiger partial charge in [0.25, 0.3) is 0 Å². The zero-order valence-corrected chi connectivity index (χ0v) is 11.6. The number of alkyl halides is 3. The molecule has 0 radical (unpaired) electrons. The molecule has 0 saturated heterocycles. The number of benzene rings is 1. The summed E-state index contributed by atoms with van der Waals surface area (Å²) >= 11 is 0. The van der Waals surface area contributed by atoms with Crippen molar-refractivity contribution in [2.24, 2.45) is 11.7 Å². The van der Waals surface area contributed by atoms with Gasteiger partial charge in [-0.05, 0) is 43.4 Å². The van der Waals surface area contributed by atoms with Gasteiger partial charge in [-0.15, -0.1) is 0 Å². The zero-order valence-electron chi connectivity index (χ0n) is 11.6. The summed E-state index contributed by atoms with van der Waals surface area (Å²) in [5.41, 5.74) is 6.88. The predicted molar refractivity (Wildman–Crippen MR) is 74.8 cm³/mol. The fourth-order valence-electron chi connectivity index (χ4n) is 2.59. The smallest absolute Gasteiger partial charge is 0.328 e. The minimum Gasteiger partial charge on any atom is -0.328 e. The van der Waals surface area contributed by atoms with E-state index in [1.807, 2.05) is 0 Å². The number of carbonyl (C=O) groups excluding carboxylic acids is 1. The Morgan fingerprint density at radius 2 is 2.10 bits per heavy atom. The normalized spacial score (nSPS) is 22.3. The summed E-state index contributed by atoms with van der Waals surface area (Å²) in [7, 11) is 0. The lowest BCUT2D eigenvalue weighted by Crippen LogP contribution is -2.23. The van der Waals surface area contributed by atoms with Gasteiger partial charge >= 0.3 is 6.18 Å². The Hall–Kier alpha value is -1.56. The molecule has 0 bridgehead atoms. The molecule has 1 amide bonds. The number of amides is 1. The Bertz CT molecular complexity index is 502. The summed E-state index contributed by atoms with van der Waals surface area (Å²) in [6.45, 7) is 0. The van der Waals surface area contributed by atoms with Gasteiger partial charge in [-0.3, -0.25) is 4.79 Å². The SMILES string of the molecule is NC1CCC(C(=O)Nc2cccc(CCC(F)(F)F)c2)C1. The summed E-state index contributed by atoms with van der Waals surface area (Å²) in [6.07, 6.45) is -2.84. The van der Waals surface area contributed by atoms with Crippen LogP contribution in [0, 0.1) is 5.92 Å². The van der Waals surface area contributed by atoms with E-state index in [0.29, 0.717) is 17.7 Å².